The molecular formula is C30H59NO2. The molecule has 0 aromatic heterocycles. The molecule has 0 radical (unpaired) electrons. The molecule has 0 saturated carbocycles. The summed E-state index contributed by atoms with van der Waals surface area (Å²) in [6, 6.07) is 0.795. The Hall–Kier alpha value is -0.830. The highest BCUT2D eigenvalue weighted by molar-refractivity contribution is 5.66. The maximum atomic E-state index is 10.4. The fourth-order valence-corrected chi connectivity index (χ4v) is 4.65. The first-order chi connectivity index (χ1) is 16.1. The molecule has 0 spiro atoms. The molecule has 0 aliphatic rings. The van der Waals surface area contributed by atoms with E-state index in [1.807, 2.05) is 0 Å². The van der Waals surface area contributed by atoms with Crippen LogP contribution in [-0.2, 0) is 4.79 Å². The van der Waals surface area contributed by atoms with Crippen LogP contribution in [0.3, 0.4) is 0 Å². The summed E-state index contributed by atoms with van der Waals surface area (Å²) in [6.07, 6.45) is 34.0. The lowest BCUT2D eigenvalue weighted by Gasteiger charge is -2.24. The maximum Gasteiger partial charge on any atom is 0.303 e. The highest BCUT2D eigenvalue weighted by Gasteiger charge is 2.10. The van der Waals surface area contributed by atoms with Crippen LogP contribution in [0, 0.1) is 0 Å². The van der Waals surface area contributed by atoms with Gasteiger partial charge in [0.1, 0.15) is 0 Å². The fourth-order valence-electron chi connectivity index (χ4n) is 4.65. The van der Waals surface area contributed by atoms with E-state index in [4.69, 9.17) is 5.11 Å². The lowest BCUT2D eigenvalue weighted by molar-refractivity contribution is -0.137. The zero-order valence-corrected chi connectivity index (χ0v) is 22.8. The summed E-state index contributed by atoms with van der Waals surface area (Å²) in [6.45, 7) is 2.29. The summed E-state index contributed by atoms with van der Waals surface area (Å²) >= 11 is 0. The number of nitrogens with zero attached hydrogens (tertiary/aromatic N) is 1. The van der Waals surface area contributed by atoms with Gasteiger partial charge in [-0.3, -0.25) is 4.79 Å². The number of carboxylic acid groups (broad SMARTS) is 1. The molecule has 3 nitrogen and oxygen atoms in total. The van der Waals surface area contributed by atoms with Crippen LogP contribution in [0.4, 0.5) is 0 Å². The average molecular weight is 466 g/mol. The maximum absolute atomic E-state index is 10.4. The normalized spacial score (nSPS) is 12.7. The minimum atomic E-state index is -0.662. The molecular weight excluding hydrogens is 406 g/mol. The number of rotatable bonds is 26. The summed E-state index contributed by atoms with van der Waals surface area (Å²) in [4.78, 5) is 12.9. The standard InChI is InChI=1S/C30H59NO2/c1-4-5-6-20-23-26-29(31(2)3)27-24-21-18-16-14-12-10-8-7-9-11-13-15-17-19-22-25-28-30(32)33/h9,11,29H,4-8,10,12-28H2,1-3H3,(H,32,33)/b11-9-. The van der Waals surface area contributed by atoms with Crippen molar-refractivity contribution in [3.05, 3.63) is 12.2 Å². The fraction of sp³-hybridized carbons (Fsp3) is 0.900. The Morgan fingerprint density at radius 3 is 1.45 bits per heavy atom. The third-order valence-electron chi connectivity index (χ3n) is 6.96. The van der Waals surface area contributed by atoms with Crippen molar-refractivity contribution >= 4 is 5.97 Å². The lowest BCUT2D eigenvalue weighted by atomic mass is 9.99. The quantitative estimate of drug-likeness (QED) is 0.102. The molecule has 33 heavy (non-hydrogen) atoms. The molecule has 1 N–H and O–H groups in total. The van der Waals surface area contributed by atoms with E-state index >= 15 is 0 Å². The SMILES string of the molecule is CCCCCCCC(CCCCCCCCCC/C=C\CCCCCCCC(=O)O)N(C)C. The summed E-state index contributed by atoms with van der Waals surface area (Å²) < 4.78 is 0. The van der Waals surface area contributed by atoms with Crippen molar-refractivity contribution in [3.8, 4) is 0 Å². The topological polar surface area (TPSA) is 40.5 Å². The van der Waals surface area contributed by atoms with Gasteiger partial charge >= 0.3 is 5.97 Å². The molecule has 0 aliphatic heterocycles. The van der Waals surface area contributed by atoms with Gasteiger partial charge in [-0.25, -0.2) is 0 Å². The molecule has 0 bridgehead atoms. The first kappa shape index (κ1) is 32.2. The van der Waals surface area contributed by atoms with E-state index in [0.717, 1.165) is 18.9 Å². The number of allylic oxidation sites excluding steroid dienone is 2. The molecule has 0 rings (SSSR count). The average Bonchev–Trinajstić information content (AvgIpc) is 2.78. The van der Waals surface area contributed by atoms with Crippen LogP contribution in [0.5, 0.6) is 0 Å². The van der Waals surface area contributed by atoms with Crippen molar-refractivity contribution in [1.82, 2.24) is 4.90 Å². The van der Waals surface area contributed by atoms with Gasteiger partial charge in [-0.05, 0) is 59.0 Å². The molecule has 0 fully saturated rings. The van der Waals surface area contributed by atoms with Crippen LogP contribution in [0.1, 0.15) is 155 Å². The van der Waals surface area contributed by atoms with Crippen molar-refractivity contribution in [2.75, 3.05) is 14.1 Å². The largest absolute Gasteiger partial charge is 0.481 e. The molecule has 0 aliphatic carbocycles. The Kier molecular flexibility index (Phi) is 25.1. The van der Waals surface area contributed by atoms with Crippen LogP contribution < -0.4 is 0 Å². The van der Waals surface area contributed by atoms with E-state index in [9.17, 15) is 4.79 Å². The molecule has 3 heteroatoms. The second kappa shape index (κ2) is 25.8. The lowest BCUT2D eigenvalue weighted by Crippen LogP contribution is -2.27. The van der Waals surface area contributed by atoms with Gasteiger partial charge in [0.05, 0.1) is 0 Å². The smallest absolute Gasteiger partial charge is 0.303 e. The van der Waals surface area contributed by atoms with Gasteiger partial charge in [0.25, 0.3) is 0 Å². The van der Waals surface area contributed by atoms with Gasteiger partial charge in [-0.1, -0.05) is 115 Å². The van der Waals surface area contributed by atoms with Crippen LogP contribution in [-0.4, -0.2) is 36.1 Å². The monoisotopic (exact) mass is 465 g/mol. The minimum Gasteiger partial charge on any atom is -0.481 e. The number of aliphatic carboxylic acids is 1. The van der Waals surface area contributed by atoms with Gasteiger partial charge in [-0.15, -0.1) is 0 Å². The van der Waals surface area contributed by atoms with Crippen molar-refractivity contribution in [3.63, 3.8) is 0 Å². The highest BCUT2D eigenvalue weighted by Crippen LogP contribution is 2.17. The Morgan fingerprint density at radius 1 is 0.636 bits per heavy atom. The van der Waals surface area contributed by atoms with Gasteiger partial charge in [0.15, 0.2) is 0 Å². The van der Waals surface area contributed by atoms with Crippen LogP contribution in [0.15, 0.2) is 12.2 Å². The van der Waals surface area contributed by atoms with Crippen molar-refractivity contribution in [2.24, 2.45) is 0 Å². The van der Waals surface area contributed by atoms with E-state index < -0.39 is 5.97 Å². The summed E-state index contributed by atoms with van der Waals surface area (Å²) in [5, 5.41) is 8.61. The number of carboxylic acids is 1. The first-order valence-corrected chi connectivity index (χ1v) is 14.6. The van der Waals surface area contributed by atoms with Crippen LogP contribution in [0.2, 0.25) is 0 Å². The zero-order chi connectivity index (χ0) is 24.4. The van der Waals surface area contributed by atoms with Gasteiger partial charge < -0.3 is 10.0 Å². The Morgan fingerprint density at radius 2 is 1.03 bits per heavy atom. The van der Waals surface area contributed by atoms with Gasteiger partial charge in [0.2, 0.25) is 0 Å². The molecule has 0 heterocycles. The number of hydrogen-bond donors (Lipinski definition) is 1. The van der Waals surface area contributed by atoms with E-state index in [1.165, 1.54) is 128 Å². The Balaban J connectivity index is 3.36. The number of hydrogen-bond acceptors (Lipinski definition) is 2. The molecule has 0 aromatic rings. The highest BCUT2D eigenvalue weighted by atomic mass is 16.4. The van der Waals surface area contributed by atoms with E-state index in [2.05, 4.69) is 38.1 Å². The van der Waals surface area contributed by atoms with Gasteiger partial charge in [0, 0.05) is 12.5 Å². The first-order valence-electron chi connectivity index (χ1n) is 14.6. The van der Waals surface area contributed by atoms with E-state index in [-0.39, 0.29) is 0 Å². The zero-order valence-electron chi connectivity index (χ0n) is 22.8. The van der Waals surface area contributed by atoms with Crippen LogP contribution >= 0.6 is 0 Å². The Bertz CT molecular complexity index is 433. The summed E-state index contributed by atoms with van der Waals surface area (Å²) in [5.41, 5.74) is 0. The predicted molar refractivity (Wildman–Crippen MR) is 146 cm³/mol. The third kappa shape index (κ3) is 25.6. The predicted octanol–water partition coefficient (Wildman–Crippen LogP) is 9.55. The molecule has 0 aromatic carbocycles. The summed E-state index contributed by atoms with van der Waals surface area (Å²) in [7, 11) is 4.53. The van der Waals surface area contributed by atoms with Crippen molar-refractivity contribution in [2.45, 2.75) is 161 Å². The van der Waals surface area contributed by atoms with Crippen molar-refractivity contribution < 1.29 is 9.90 Å². The molecule has 1 unspecified atom stereocenters. The molecule has 196 valence electrons. The Labute approximate surface area is 207 Å². The minimum absolute atomic E-state index is 0.330. The summed E-state index contributed by atoms with van der Waals surface area (Å²) in [5.74, 6) is -0.662. The van der Waals surface area contributed by atoms with E-state index in [0.29, 0.717) is 6.42 Å². The third-order valence-corrected chi connectivity index (χ3v) is 6.96. The van der Waals surface area contributed by atoms with Gasteiger partial charge in [-0.2, -0.15) is 0 Å². The second-order valence-electron chi connectivity index (χ2n) is 10.4. The van der Waals surface area contributed by atoms with E-state index in [1.54, 1.807) is 0 Å². The molecule has 0 amide bonds. The second-order valence-corrected chi connectivity index (χ2v) is 10.4. The van der Waals surface area contributed by atoms with Crippen LogP contribution in [0.25, 0.3) is 0 Å². The van der Waals surface area contributed by atoms with Crippen molar-refractivity contribution in [1.29, 1.82) is 0 Å². The molecule has 0 saturated heterocycles. The molecule has 1 atom stereocenters. The number of unbranched alkanes of at least 4 members (excludes halogenated alkanes) is 17. The number of carbonyl (C=O) groups is 1.